The number of ether oxygens (including phenoxy) is 1. The first-order chi connectivity index (χ1) is 20.7. The van der Waals surface area contributed by atoms with E-state index >= 15 is 0 Å². The van der Waals surface area contributed by atoms with Gasteiger partial charge in [-0.1, -0.05) is 48.9 Å². The summed E-state index contributed by atoms with van der Waals surface area (Å²) in [6.45, 7) is 14.7. The van der Waals surface area contributed by atoms with Gasteiger partial charge in [0.1, 0.15) is 12.4 Å². The Hall–Kier alpha value is -3.43. The van der Waals surface area contributed by atoms with Gasteiger partial charge in [-0.3, -0.25) is 9.69 Å². The summed E-state index contributed by atoms with van der Waals surface area (Å²) in [4.78, 5) is 17.8. The molecule has 1 aromatic heterocycles. The van der Waals surface area contributed by atoms with Gasteiger partial charge in [-0.15, -0.1) is 0 Å². The zero-order chi connectivity index (χ0) is 32.9. The van der Waals surface area contributed by atoms with Crippen LogP contribution in [0.5, 0.6) is 5.88 Å². The number of aryl methyl sites for hydroxylation is 2. The molecule has 0 saturated carbocycles. The zero-order valence-corrected chi connectivity index (χ0v) is 26.6. The summed E-state index contributed by atoms with van der Waals surface area (Å²) in [6.07, 6.45) is -2.27. The predicted molar refractivity (Wildman–Crippen MR) is 169 cm³/mol. The third-order valence-corrected chi connectivity index (χ3v) is 7.20. The molecule has 0 radical (unpaired) electrons. The van der Waals surface area contributed by atoms with Crippen LogP contribution in [0.15, 0.2) is 66.7 Å². The quantitative estimate of drug-likeness (QED) is 0.198. The zero-order valence-electron chi connectivity index (χ0n) is 25.8. The second-order valence-electron chi connectivity index (χ2n) is 11.0. The molecule has 0 aliphatic carbocycles. The van der Waals surface area contributed by atoms with Gasteiger partial charge >= 0.3 is 6.18 Å². The van der Waals surface area contributed by atoms with Gasteiger partial charge in [-0.05, 0) is 94.6 Å². The molecular weight excluding hydrogens is 594 g/mol. The van der Waals surface area contributed by atoms with Crippen molar-refractivity contribution in [3.8, 4) is 5.88 Å². The molecule has 1 aliphatic rings. The molecule has 2 N–H and O–H groups in total. The molecule has 3 aromatic rings. The minimum Gasteiger partial charge on any atom is -0.473 e. The van der Waals surface area contributed by atoms with Crippen LogP contribution >= 0.6 is 11.6 Å². The number of primary amides is 1. The lowest BCUT2D eigenvalue weighted by Gasteiger charge is -2.31. The van der Waals surface area contributed by atoms with E-state index < -0.39 is 12.6 Å². The van der Waals surface area contributed by atoms with E-state index in [0.29, 0.717) is 27.9 Å². The van der Waals surface area contributed by atoms with Gasteiger partial charge in [0.15, 0.2) is 0 Å². The van der Waals surface area contributed by atoms with Gasteiger partial charge in [0.25, 0.3) is 0 Å². The molecule has 4 rings (SSSR count). The van der Waals surface area contributed by atoms with E-state index in [4.69, 9.17) is 22.1 Å². The van der Waals surface area contributed by atoms with E-state index in [-0.39, 0.29) is 24.8 Å². The molecule has 1 aliphatic heterocycles. The lowest BCUT2D eigenvalue weighted by atomic mass is 9.93. The predicted octanol–water partition coefficient (Wildman–Crippen LogP) is 8.96. The number of amides is 1. The Balaban J connectivity index is 0.000000308. The van der Waals surface area contributed by atoms with Crippen LogP contribution in [0.25, 0.3) is 0 Å². The van der Waals surface area contributed by atoms with Gasteiger partial charge in [0, 0.05) is 46.8 Å². The van der Waals surface area contributed by atoms with Crippen molar-refractivity contribution in [3.05, 3.63) is 106 Å². The number of piperidine rings is 1. The number of rotatable bonds is 8. The number of hydrogen-bond acceptors (Lipinski definition) is 4. The number of carbonyl (C=O) groups excluding carboxylic acids is 1. The van der Waals surface area contributed by atoms with Crippen LogP contribution < -0.4 is 10.5 Å². The van der Waals surface area contributed by atoms with Gasteiger partial charge in [0.05, 0.1) is 0 Å². The largest absolute Gasteiger partial charge is 0.473 e. The van der Waals surface area contributed by atoms with Crippen molar-refractivity contribution in [1.29, 1.82) is 0 Å². The fraction of sp³-hybridized carbons (Fsp3) is 0.412. The summed E-state index contributed by atoms with van der Waals surface area (Å²) in [6, 6.07) is 15.9. The molecule has 0 bridgehead atoms. The number of hydrogen-bond donors (Lipinski definition) is 1. The lowest BCUT2D eigenvalue weighted by molar-refractivity contribution is -0.134. The van der Waals surface area contributed by atoms with Crippen LogP contribution in [0.2, 0.25) is 5.02 Å². The standard InChI is InChI=1S/C21H24ClFN2O.C9H11NO.C4H7F3/c1-15(2)13-25-10-8-16(9-11-25)20-4-3-5-21(24-20)26-14-17-6-7-18(22)12-19(17)23;1-6-3-4-8(9(10)11)5-7(6)2;1-2-3-4(5,6)7/h3-7,12,16H,1,8-11,13-14H2,2H3;3-5H,1-2H3,(H2,10,11);2-3H2,1H3. The summed E-state index contributed by atoms with van der Waals surface area (Å²) >= 11 is 5.78. The number of benzene rings is 2. The van der Waals surface area contributed by atoms with Crippen LogP contribution in [0.1, 0.15) is 78.2 Å². The molecule has 2 aromatic carbocycles. The lowest BCUT2D eigenvalue weighted by Crippen LogP contribution is -2.34. The molecular formula is C34H42ClF4N3O2. The fourth-order valence-electron chi connectivity index (χ4n) is 4.48. The van der Waals surface area contributed by atoms with E-state index in [9.17, 15) is 22.4 Å². The average molecular weight is 636 g/mol. The van der Waals surface area contributed by atoms with Crippen LogP contribution in [-0.2, 0) is 6.61 Å². The smallest absolute Gasteiger partial charge is 0.389 e. The number of alkyl halides is 3. The molecule has 0 atom stereocenters. The van der Waals surface area contributed by atoms with Gasteiger partial charge < -0.3 is 10.5 Å². The van der Waals surface area contributed by atoms with Crippen LogP contribution in [0.3, 0.4) is 0 Å². The maximum Gasteiger partial charge on any atom is 0.389 e. The molecule has 0 unspecified atom stereocenters. The Labute approximate surface area is 263 Å². The van der Waals surface area contributed by atoms with Gasteiger partial charge in [-0.2, -0.15) is 13.2 Å². The number of pyridine rings is 1. The minimum absolute atomic E-state index is 0.135. The second-order valence-corrected chi connectivity index (χ2v) is 11.4. The molecule has 44 heavy (non-hydrogen) atoms. The first-order valence-electron chi connectivity index (χ1n) is 14.5. The maximum atomic E-state index is 13.9. The number of aromatic nitrogens is 1. The Morgan fingerprint density at radius 1 is 1.09 bits per heavy atom. The first kappa shape index (κ1) is 36.8. The molecule has 1 amide bonds. The molecule has 1 saturated heterocycles. The summed E-state index contributed by atoms with van der Waals surface area (Å²) in [5, 5.41) is 0.379. The summed E-state index contributed by atoms with van der Waals surface area (Å²) in [7, 11) is 0. The van der Waals surface area contributed by atoms with E-state index in [1.54, 1.807) is 24.3 Å². The number of likely N-dealkylation sites (tertiary alicyclic amines) is 1. The van der Waals surface area contributed by atoms with Gasteiger partial charge in [-0.25, -0.2) is 9.37 Å². The van der Waals surface area contributed by atoms with E-state index in [2.05, 4.69) is 29.5 Å². The van der Waals surface area contributed by atoms with Crippen molar-refractivity contribution in [2.45, 2.75) is 72.1 Å². The highest BCUT2D eigenvalue weighted by Crippen LogP contribution is 2.28. The normalized spacial score (nSPS) is 13.7. The minimum atomic E-state index is -3.95. The van der Waals surface area contributed by atoms with Crippen molar-refractivity contribution >= 4 is 17.5 Å². The van der Waals surface area contributed by atoms with Gasteiger partial charge in [0.2, 0.25) is 11.8 Å². The van der Waals surface area contributed by atoms with E-state index in [1.807, 2.05) is 32.0 Å². The number of nitrogens with two attached hydrogens (primary N) is 1. The molecule has 2 heterocycles. The topological polar surface area (TPSA) is 68.4 Å². The van der Waals surface area contributed by atoms with Crippen LogP contribution in [0.4, 0.5) is 17.6 Å². The van der Waals surface area contributed by atoms with Crippen molar-refractivity contribution < 1.29 is 27.1 Å². The fourth-order valence-corrected chi connectivity index (χ4v) is 4.63. The van der Waals surface area contributed by atoms with Crippen molar-refractivity contribution in [2.24, 2.45) is 5.73 Å². The number of halogens is 5. The monoisotopic (exact) mass is 635 g/mol. The highest BCUT2D eigenvalue weighted by molar-refractivity contribution is 6.30. The maximum absolute atomic E-state index is 13.9. The van der Waals surface area contributed by atoms with Crippen LogP contribution in [-0.4, -0.2) is 41.6 Å². The third kappa shape index (κ3) is 13.5. The van der Waals surface area contributed by atoms with Crippen LogP contribution in [0, 0.1) is 19.7 Å². The third-order valence-electron chi connectivity index (χ3n) is 6.96. The number of nitrogens with zero attached hydrogens (tertiary/aromatic N) is 2. The second kappa shape index (κ2) is 17.8. The molecule has 5 nitrogen and oxygen atoms in total. The van der Waals surface area contributed by atoms with E-state index in [1.165, 1.54) is 24.1 Å². The Kier molecular flexibility index (Phi) is 14.8. The molecule has 240 valence electrons. The molecule has 1 fully saturated rings. The highest BCUT2D eigenvalue weighted by Gasteiger charge is 2.24. The summed E-state index contributed by atoms with van der Waals surface area (Å²) in [5.74, 6) is 0.236. The van der Waals surface area contributed by atoms with Crippen molar-refractivity contribution in [3.63, 3.8) is 0 Å². The van der Waals surface area contributed by atoms with Crippen molar-refractivity contribution in [1.82, 2.24) is 9.88 Å². The highest BCUT2D eigenvalue weighted by atomic mass is 35.5. The first-order valence-corrected chi connectivity index (χ1v) is 14.9. The summed E-state index contributed by atoms with van der Waals surface area (Å²) < 4.78 is 52.7. The average Bonchev–Trinajstić information content (AvgIpc) is 2.94. The summed E-state index contributed by atoms with van der Waals surface area (Å²) in [5.41, 5.74) is 10.7. The SMILES string of the molecule is C=C(C)CN1CCC(c2cccc(OCc3ccc(Cl)cc3F)n2)CC1.CCCC(F)(F)F.Cc1ccc(C(N)=O)cc1C. The Bertz CT molecular complexity index is 1370. The Morgan fingerprint density at radius 2 is 1.77 bits per heavy atom. The molecule has 10 heteroatoms. The number of carbonyl (C=O) groups is 1. The Morgan fingerprint density at radius 3 is 2.30 bits per heavy atom. The molecule has 0 spiro atoms. The van der Waals surface area contributed by atoms with E-state index in [0.717, 1.165) is 43.7 Å². The van der Waals surface area contributed by atoms with Crippen molar-refractivity contribution in [2.75, 3.05) is 19.6 Å².